The molecule has 2 N–H and O–H groups in total. The van der Waals surface area contributed by atoms with Crippen LogP contribution in [0.25, 0.3) is 0 Å². The topological polar surface area (TPSA) is 66.9 Å². The maximum atomic E-state index is 11.9. The second kappa shape index (κ2) is 8.27. The molecule has 0 aliphatic heterocycles. The van der Waals surface area contributed by atoms with Gasteiger partial charge in [-0.1, -0.05) is 38.1 Å². The third kappa shape index (κ3) is 5.70. The maximum absolute atomic E-state index is 11.9. The van der Waals surface area contributed by atoms with Gasteiger partial charge in [-0.25, -0.2) is 0 Å². The van der Waals surface area contributed by atoms with Crippen molar-refractivity contribution in [3.05, 3.63) is 53.2 Å². The van der Waals surface area contributed by atoms with Crippen LogP contribution in [0.1, 0.15) is 36.6 Å². The summed E-state index contributed by atoms with van der Waals surface area (Å²) in [7, 11) is 0. The van der Waals surface area contributed by atoms with Gasteiger partial charge in [-0.15, -0.1) is 5.10 Å². The van der Waals surface area contributed by atoms with Crippen LogP contribution in [-0.4, -0.2) is 29.2 Å². The van der Waals surface area contributed by atoms with Crippen LogP contribution in [0.2, 0.25) is 0 Å². The lowest BCUT2D eigenvalue weighted by Crippen LogP contribution is -2.30. The van der Waals surface area contributed by atoms with E-state index in [0.29, 0.717) is 31.2 Å². The van der Waals surface area contributed by atoms with Crippen molar-refractivity contribution < 1.29 is 4.79 Å². The largest absolute Gasteiger partial charge is 0.367 e. The van der Waals surface area contributed by atoms with Crippen LogP contribution in [0.15, 0.2) is 36.4 Å². The number of carbonyl (C=O) groups excluding carboxylic acids is 1. The van der Waals surface area contributed by atoms with Gasteiger partial charge in [0.25, 0.3) is 0 Å². The predicted molar refractivity (Wildman–Crippen MR) is 92.5 cm³/mol. The Kier molecular flexibility index (Phi) is 6.09. The zero-order valence-corrected chi connectivity index (χ0v) is 14.0. The van der Waals surface area contributed by atoms with E-state index < -0.39 is 0 Å². The Morgan fingerprint density at radius 1 is 1.04 bits per heavy atom. The molecule has 2 rings (SSSR count). The number of aryl methyl sites for hydroxylation is 1. The van der Waals surface area contributed by atoms with Crippen molar-refractivity contribution in [2.45, 2.75) is 33.1 Å². The van der Waals surface area contributed by atoms with Crippen molar-refractivity contribution in [2.24, 2.45) is 0 Å². The SMILES string of the molecule is Cc1ccc(NCCNC(=O)Cc2ccc(C(C)C)cc2)nn1. The van der Waals surface area contributed by atoms with Gasteiger partial charge in [0, 0.05) is 13.1 Å². The lowest BCUT2D eigenvalue weighted by molar-refractivity contribution is -0.120. The molecule has 0 unspecified atom stereocenters. The smallest absolute Gasteiger partial charge is 0.224 e. The molecule has 0 fully saturated rings. The van der Waals surface area contributed by atoms with Gasteiger partial charge >= 0.3 is 0 Å². The van der Waals surface area contributed by atoms with E-state index in [0.717, 1.165) is 11.3 Å². The molecule has 1 amide bonds. The molecule has 0 bridgehead atoms. The van der Waals surface area contributed by atoms with Crippen molar-refractivity contribution in [1.82, 2.24) is 15.5 Å². The Hall–Kier alpha value is -2.43. The summed E-state index contributed by atoms with van der Waals surface area (Å²) in [6.45, 7) is 7.39. The minimum Gasteiger partial charge on any atom is -0.367 e. The summed E-state index contributed by atoms with van der Waals surface area (Å²) in [5, 5.41) is 14.0. The molecule has 23 heavy (non-hydrogen) atoms. The second-order valence-electron chi connectivity index (χ2n) is 5.91. The summed E-state index contributed by atoms with van der Waals surface area (Å²) < 4.78 is 0. The number of benzene rings is 1. The van der Waals surface area contributed by atoms with E-state index in [1.807, 2.05) is 31.2 Å². The van der Waals surface area contributed by atoms with Crippen molar-refractivity contribution in [3.63, 3.8) is 0 Å². The zero-order valence-electron chi connectivity index (χ0n) is 14.0. The Bertz CT molecular complexity index is 620. The van der Waals surface area contributed by atoms with Gasteiger partial charge in [0.1, 0.15) is 5.82 Å². The van der Waals surface area contributed by atoms with Gasteiger partial charge in [0.15, 0.2) is 0 Å². The Morgan fingerprint density at radius 2 is 1.78 bits per heavy atom. The number of amides is 1. The van der Waals surface area contributed by atoms with E-state index in [4.69, 9.17) is 0 Å². The van der Waals surface area contributed by atoms with Gasteiger partial charge < -0.3 is 10.6 Å². The Labute approximate surface area is 137 Å². The summed E-state index contributed by atoms with van der Waals surface area (Å²) in [6.07, 6.45) is 0.405. The number of nitrogens with zero attached hydrogens (tertiary/aromatic N) is 2. The van der Waals surface area contributed by atoms with Crippen molar-refractivity contribution in [1.29, 1.82) is 0 Å². The molecule has 2 aromatic rings. The summed E-state index contributed by atoms with van der Waals surface area (Å²) in [5.74, 6) is 1.25. The molecule has 0 radical (unpaired) electrons. The monoisotopic (exact) mass is 312 g/mol. The fourth-order valence-electron chi connectivity index (χ4n) is 2.15. The lowest BCUT2D eigenvalue weighted by Gasteiger charge is -2.08. The first-order valence-electron chi connectivity index (χ1n) is 7.94. The molecule has 0 atom stereocenters. The second-order valence-corrected chi connectivity index (χ2v) is 5.91. The standard InChI is InChI=1S/C18H24N4O/c1-13(2)16-7-5-15(6-8-16)12-18(23)20-11-10-19-17-9-4-14(3)21-22-17/h4-9,13H,10-12H2,1-3H3,(H,19,22)(H,20,23). The van der Waals surface area contributed by atoms with Crippen molar-refractivity contribution in [3.8, 4) is 0 Å². The highest BCUT2D eigenvalue weighted by Crippen LogP contribution is 2.14. The lowest BCUT2D eigenvalue weighted by atomic mass is 10.0. The Balaban J connectivity index is 1.69. The molecular weight excluding hydrogens is 288 g/mol. The number of rotatable bonds is 7. The number of aromatic nitrogens is 2. The van der Waals surface area contributed by atoms with Gasteiger partial charge in [-0.05, 0) is 36.1 Å². The fourth-order valence-corrected chi connectivity index (χ4v) is 2.15. The minimum atomic E-state index is 0.0269. The first kappa shape index (κ1) is 16.9. The third-order valence-corrected chi connectivity index (χ3v) is 3.56. The summed E-state index contributed by atoms with van der Waals surface area (Å²) in [4.78, 5) is 11.9. The molecule has 1 heterocycles. The highest BCUT2D eigenvalue weighted by atomic mass is 16.1. The number of nitrogens with one attached hydrogen (secondary N) is 2. The Morgan fingerprint density at radius 3 is 2.39 bits per heavy atom. The van der Waals surface area contributed by atoms with Crippen LogP contribution in [0, 0.1) is 6.92 Å². The van der Waals surface area contributed by atoms with E-state index >= 15 is 0 Å². The van der Waals surface area contributed by atoms with Crippen LogP contribution >= 0.6 is 0 Å². The predicted octanol–water partition coefficient (Wildman–Crippen LogP) is 2.68. The van der Waals surface area contributed by atoms with Crippen molar-refractivity contribution in [2.75, 3.05) is 18.4 Å². The first-order valence-corrected chi connectivity index (χ1v) is 7.94. The van der Waals surface area contributed by atoms with Gasteiger partial charge in [0.2, 0.25) is 5.91 Å². The average molecular weight is 312 g/mol. The number of carbonyl (C=O) groups is 1. The molecular formula is C18H24N4O. The van der Waals surface area contributed by atoms with Crippen LogP contribution in [-0.2, 0) is 11.2 Å². The zero-order chi connectivity index (χ0) is 16.7. The molecule has 5 heteroatoms. The maximum Gasteiger partial charge on any atom is 0.224 e. The first-order chi connectivity index (χ1) is 11.0. The molecule has 0 saturated carbocycles. The minimum absolute atomic E-state index is 0.0269. The number of hydrogen-bond acceptors (Lipinski definition) is 4. The van der Waals surface area contributed by atoms with E-state index in [9.17, 15) is 4.79 Å². The molecule has 0 aliphatic rings. The summed E-state index contributed by atoms with van der Waals surface area (Å²) in [6, 6.07) is 12.0. The van der Waals surface area contributed by atoms with Crippen LogP contribution < -0.4 is 10.6 Å². The quantitative estimate of drug-likeness (QED) is 0.771. The fraction of sp³-hybridized carbons (Fsp3) is 0.389. The number of anilines is 1. The molecule has 0 aliphatic carbocycles. The van der Waals surface area contributed by atoms with Crippen LogP contribution in [0.5, 0.6) is 0 Å². The van der Waals surface area contributed by atoms with Gasteiger partial charge in [0.05, 0.1) is 12.1 Å². The summed E-state index contributed by atoms with van der Waals surface area (Å²) in [5.41, 5.74) is 3.20. The van der Waals surface area contributed by atoms with Gasteiger partial charge in [-0.3, -0.25) is 4.79 Å². The molecule has 0 saturated heterocycles. The highest BCUT2D eigenvalue weighted by Gasteiger charge is 2.04. The summed E-state index contributed by atoms with van der Waals surface area (Å²) >= 11 is 0. The molecule has 5 nitrogen and oxygen atoms in total. The van der Waals surface area contributed by atoms with Crippen LogP contribution in [0.3, 0.4) is 0 Å². The number of hydrogen-bond donors (Lipinski definition) is 2. The van der Waals surface area contributed by atoms with Gasteiger partial charge in [-0.2, -0.15) is 5.10 Å². The van der Waals surface area contributed by atoms with Crippen molar-refractivity contribution >= 4 is 11.7 Å². The van der Waals surface area contributed by atoms with Crippen LogP contribution in [0.4, 0.5) is 5.82 Å². The van der Waals surface area contributed by atoms with E-state index in [-0.39, 0.29) is 5.91 Å². The molecule has 1 aromatic heterocycles. The van der Waals surface area contributed by atoms with E-state index in [1.165, 1.54) is 5.56 Å². The highest BCUT2D eigenvalue weighted by molar-refractivity contribution is 5.78. The van der Waals surface area contributed by atoms with E-state index in [2.05, 4.69) is 46.8 Å². The third-order valence-electron chi connectivity index (χ3n) is 3.56. The molecule has 1 aromatic carbocycles. The molecule has 0 spiro atoms. The average Bonchev–Trinajstić information content (AvgIpc) is 2.54. The molecule has 122 valence electrons. The normalized spacial score (nSPS) is 10.6. The van der Waals surface area contributed by atoms with E-state index in [1.54, 1.807) is 0 Å².